The van der Waals surface area contributed by atoms with Crippen LogP contribution in [0.1, 0.15) is 5.56 Å². The lowest BCUT2D eigenvalue weighted by atomic mass is 9.99. The summed E-state index contributed by atoms with van der Waals surface area (Å²) in [6, 6.07) is 6.62. The van der Waals surface area contributed by atoms with Gasteiger partial charge in [0.05, 0.1) is 5.56 Å². The molecule has 0 radical (unpaired) electrons. The van der Waals surface area contributed by atoms with Gasteiger partial charge in [-0.3, -0.25) is 0 Å². The van der Waals surface area contributed by atoms with E-state index in [4.69, 9.17) is 0 Å². The first-order valence-corrected chi connectivity index (χ1v) is 5.83. The second-order valence-electron chi connectivity index (χ2n) is 4.30. The predicted octanol–water partition coefficient (Wildman–Crippen LogP) is 4.98. The van der Waals surface area contributed by atoms with Gasteiger partial charge in [0.2, 0.25) is 0 Å². The Kier molecular flexibility index (Phi) is 3.95. The number of aromatic hydroxyl groups is 1. The van der Waals surface area contributed by atoms with Crippen LogP contribution < -0.4 is 4.74 Å². The van der Waals surface area contributed by atoms with Crippen LogP contribution in [0.5, 0.6) is 11.5 Å². The van der Waals surface area contributed by atoms with Gasteiger partial charge >= 0.3 is 12.5 Å². The molecule has 0 heterocycles. The monoisotopic (exact) mass is 322 g/mol. The molecule has 0 amide bonds. The van der Waals surface area contributed by atoms with E-state index in [-0.39, 0.29) is 11.1 Å². The standard InChI is InChI=1S/C14H8F6O2/c15-13(16,17)12-7-9(21)3-6-11(12)8-1-4-10(5-2-8)22-14(18,19)20/h1-7,21H. The zero-order chi connectivity index (χ0) is 16.5. The van der Waals surface area contributed by atoms with Crippen LogP contribution in [0.4, 0.5) is 26.3 Å². The second-order valence-corrected chi connectivity index (χ2v) is 4.30. The Morgan fingerprint density at radius 1 is 0.818 bits per heavy atom. The van der Waals surface area contributed by atoms with Crippen molar-refractivity contribution in [3.8, 4) is 22.6 Å². The lowest BCUT2D eigenvalue weighted by Crippen LogP contribution is -2.16. The fraction of sp³-hybridized carbons (Fsp3) is 0.143. The van der Waals surface area contributed by atoms with Crippen LogP contribution >= 0.6 is 0 Å². The van der Waals surface area contributed by atoms with Gasteiger partial charge in [0.15, 0.2) is 0 Å². The number of ether oxygens (including phenoxy) is 1. The Balaban J connectivity index is 2.41. The van der Waals surface area contributed by atoms with Crippen LogP contribution in [-0.2, 0) is 6.18 Å². The molecule has 0 saturated carbocycles. The van der Waals surface area contributed by atoms with Crippen molar-refractivity contribution in [3.63, 3.8) is 0 Å². The van der Waals surface area contributed by atoms with E-state index in [0.717, 1.165) is 36.4 Å². The van der Waals surface area contributed by atoms with Crippen LogP contribution in [-0.4, -0.2) is 11.5 Å². The average molecular weight is 322 g/mol. The molecule has 0 aliphatic carbocycles. The minimum Gasteiger partial charge on any atom is -0.508 e. The highest BCUT2D eigenvalue weighted by molar-refractivity contribution is 5.69. The summed E-state index contributed by atoms with van der Waals surface area (Å²) >= 11 is 0. The smallest absolute Gasteiger partial charge is 0.508 e. The first-order chi connectivity index (χ1) is 10.1. The quantitative estimate of drug-likeness (QED) is 0.791. The number of hydrogen-bond acceptors (Lipinski definition) is 2. The van der Waals surface area contributed by atoms with Crippen LogP contribution in [0.3, 0.4) is 0 Å². The Morgan fingerprint density at radius 3 is 1.91 bits per heavy atom. The number of halogens is 6. The largest absolute Gasteiger partial charge is 0.573 e. The third-order valence-electron chi connectivity index (χ3n) is 2.71. The molecule has 0 atom stereocenters. The molecule has 0 spiro atoms. The maximum absolute atomic E-state index is 12.9. The Labute approximate surface area is 120 Å². The summed E-state index contributed by atoms with van der Waals surface area (Å²) in [5.74, 6) is -1.10. The molecule has 0 bridgehead atoms. The van der Waals surface area contributed by atoms with Gasteiger partial charge in [0.25, 0.3) is 0 Å². The fourth-order valence-electron chi connectivity index (χ4n) is 1.85. The summed E-state index contributed by atoms with van der Waals surface area (Å²) in [7, 11) is 0. The van der Waals surface area contributed by atoms with E-state index in [1.165, 1.54) is 0 Å². The highest BCUT2D eigenvalue weighted by Crippen LogP contribution is 2.39. The zero-order valence-corrected chi connectivity index (χ0v) is 10.7. The third-order valence-corrected chi connectivity index (χ3v) is 2.71. The van der Waals surface area contributed by atoms with E-state index in [1.807, 2.05) is 0 Å². The first-order valence-electron chi connectivity index (χ1n) is 5.83. The van der Waals surface area contributed by atoms with Crippen LogP contribution in [0.15, 0.2) is 42.5 Å². The Bertz CT molecular complexity index is 659. The van der Waals surface area contributed by atoms with Crippen molar-refractivity contribution < 1.29 is 36.2 Å². The summed E-state index contributed by atoms with van der Waals surface area (Å²) in [6.07, 6.45) is -9.59. The van der Waals surface area contributed by atoms with Crippen LogP contribution in [0.25, 0.3) is 11.1 Å². The molecule has 2 rings (SSSR count). The molecule has 2 aromatic carbocycles. The van der Waals surface area contributed by atoms with Gasteiger partial charge in [-0.15, -0.1) is 13.2 Å². The van der Waals surface area contributed by atoms with Gasteiger partial charge in [-0.1, -0.05) is 18.2 Å². The molecule has 0 aliphatic rings. The number of phenols is 1. The number of rotatable bonds is 2. The minimum atomic E-state index is -4.88. The van der Waals surface area contributed by atoms with E-state index in [9.17, 15) is 31.4 Å². The lowest BCUT2D eigenvalue weighted by Gasteiger charge is -2.14. The molecule has 8 heteroatoms. The lowest BCUT2D eigenvalue weighted by molar-refractivity contribution is -0.274. The first kappa shape index (κ1) is 16.0. The van der Waals surface area contributed by atoms with Crippen molar-refractivity contribution >= 4 is 0 Å². The molecule has 0 aromatic heterocycles. The second kappa shape index (κ2) is 5.43. The van der Waals surface area contributed by atoms with E-state index < -0.39 is 29.6 Å². The molecule has 118 valence electrons. The van der Waals surface area contributed by atoms with Gasteiger partial charge < -0.3 is 9.84 Å². The molecule has 0 unspecified atom stereocenters. The van der Waals surface area contributed by atoms with E-state index >= 15 is 0 Å². The number of phenolic OH excluding ortho intramolecular Hbond substituents is 1. The maximum atomic E-state index is 12.9. The number of benzene rings is 2. The fourth-order valence-corrected chi connectivity index (χ4v) is 1.85. The highest BCUT2D eigenvalue weighted by Gasteiger charge is 2.34. The normalized spacial score (nSPS) is 12.3. The minimum absolute atomic E-state index is 0.0434. The zero-order valence-electron chi connectivity index (χ0n) is 10.7. The molecule has 1 N–H and O–H groups in total. The topological polar surface area (TPSA) is 29.5 Å². The van der Waals surface area contributed by atoms with Gasteiger partial charge in [0, 0.05) is 0 Å². The van der Waals surface area contributed by atoms with Gasteiger partial charge in [-0.25, -0.2) is 0 Å². The van der Waals surface area contributed by atoms with Crippen LogP contribution in [0.2, 0.25) is 0 Å². The molecule has 2 nitrogen and oxygen atoms in total. The predicted molar refractivity (Wildman–Crippen MR) is 65.2 cm³/mol. The van der Waals surface area contributed by atoms with E-state index in [2.05, 4.69) is 4.74 Å². The molecule has 0 saturated heterocycles. The van der Waals surface area contributed by atoms with Gasteiger partial charge in [0.1, 0.15) is 11.5 Å². The van der Waals surface area contributed by atoms with Crippen molar-refractivity contribution in [2.24, 2.45) is 0 Å². The van der Waals surface area contributed by atoms with Crippen molar-refractivity contribution in [3.05, 3.63) is 48.0 Å². The summed E-state index contributed by atoms with van der Waals surface area (Å²) in [4.78, 5) is 0. The maximum Gasteiger partial charge on any atom is 0.573 e. The van der Waals surface area contributed by atoms with Crippen molar-refractivity contribution in [2.75, 3.05) is 0 Å². The number of alkyl halides is 6. The van der Waals surface area contributed by atoms with Gasteiger partial charge in [-0.05, 0) is 35.4 Å². The molecule has 22 heavy (non-hydrogen) atoms. The molecular formula is C14H8F6O2. The Morgan fingerprint density at radius 2 is 1.41 bits per heavy atom. The van der Waals surface area contributed by atoms with E-state index in [0.29, 0.717) is 6.07 Å². The van der Waals surface area contributed by atoms with Gasteiger partial charge in [-0.2, -0.15) is 13.2 Å². The van der Waals surface area contributed by atoms with Crippen LogP contribution in [0, 0.1) is 0 Å². The average Bonchev–Trinajstić information content (AvgIpc) is 2.37. The van der Waals surface area contributed by atoms with E-state index in [1.54, 1.807) is 0 Å². The highest BCUT2D eigenvalue weighted by atomic mass is 19.4. The number of hydrogen-bond donors (Lipinski definition) is 1. The van der Waals surface area contributed by atoms with Crippen molar-refractivity contribution in [1.29, 1.82) is 0 Å². The molecule has 2 aromatic rings. The van der Waals surface area contributed by atoms with Crippen molar-refractivity contribution in [1.82, 2.24) is 0 Å². The molecule has 0 aliphatic heterocycles. The SMILES string of the molecule is Oc1ccc(-c2ccc(OC(F)(F)F)cc2)c(C(F)(F)F)c1. The Hall–Kier alpha value is -2.38. The third kappa shape index (κ3) is 3.84. The summed E-state index contributed by atoms with van der Waals surface area (Å²) in [5.41, 5.74) is -1.30. The summed E-state index contributed by atoms with van der Waals surface area (Å²) in [6.45, 7) is 0. The summed E-state index contributed by atoms with van der Waals surface area (Å²) in [5, 5.41) is 9.17. The van der Waals surface area contributed by atoms with Crippen molar-refractivity contribution in [2.45, 2.75) is 12.5 Å². The molecule has 0 fully saturated rings. The molecular weight excluding hydrogens is 314 g/mol. The summed E-state index contributed by atoms with van der Waals surface area (Å²) < 4.78 is 78.5.